The molecule has 2 rings (SSSR count). The molecule has 0 saturated carbocycles. The predicted molar refractivity (Wildman–Crippen MR) is 82.1 cm³/mol. The Morgan fingerprint density at radius 3 is 2.42 bits per heavy atom. The third-order valence-electron chi connectivity index (χ3n) is 2.87. The molecule has 1 aliphatic heterocycles. The lowest BCUT2D eigenvalue weighted by molar-refractivity contribution is 0.443. The fourth-order valence-corrected chi connectivity index (χ4v) is 5.70. The average Bonchev–Trinajstić information content (AvgIpc) is 2.40. The molecule has 0 bridgehead atoms. The van der Waals surface area contributed by atoms with E-state index in [0.29, 0.717) is 23.7 Å². The Balaban J connectivity index is 2.46. The minimum absolute atomic E-state index is 0.0802. The summed E-state index contributed by atoms with van der Waals surface area (Å²) in [6.07, 6.45) is 0. The Morgan fingerprint density at radius 2 is 1.84 bits per heavy atom. The molecular weight excluding hydrogens is 349 g/mol. The van der Waals surface area contributed by atoms with Crippen LogP contribution in [0.2, 0.25) is 10.0 Å². The van der Waals surface area contributed by atoms with Gasteiger partial charge in [0.25, 0.3) is 0 Å². The maximum Gasteiger partial charge on any atom is 0.244 e. The molecule has 0 radical (unpaired) electrons. The van der Waals surface area contributed by atoms with E-state index in [1.165, 1.54) is 16.4 Å². The first-order valence-electron chi connectivity index (χ1n) is 5.59. The molecule has 0 unspecified atom stereocenters. The zero-order valence-electron chi connectivity index (χ0n) is 9.90. The summed E-state index contributed by atoms with van der Waals surface area (Å²) in [5.74, 6) is 1.68. The molecule has 0 spiro atoms. The summed E-state index contributed by atoms with van der Waals surface area (Å²) in [4.78, 5) is 0.0844. The summed E-state index contributed by atoms with van der Waals surface area (Å²) >= 11 is 19.6. The van der Waals surface area contributed by atoms with Gasteiger partial charge in [-0.3, -0.25) is 0 Å². The zero-order valence-corrected chi connectivity index (χ0v) is 13.8. The molecule has 0 atom stereocenters. The van der Waals surface area contributed by atoms with Crippen LogP contribution in [0.15, 0.2) is 17.0 Å². The Kier molecular flexibility index (Phi) is 5.31. The van der Waals surface area contributed by atoms with E-state index < -0.39 is 10.0 Å². The number of halogens is 3. The van der Waals surface area contributed by atoms with Crippen molar-refractivity contribution in [1.29, 1.82) is 0 Å². The van der Waals surface area contributed by atoms with Crippen LogP contribution < -0.4 is 0 Å². The van der Waals surface area contributed by atoms with Crippen LogP contribution in [0.5, 0.6) is 0 Å². The molecule has 106 valence electrons. The minimum atomic E-state index is -3.57. The number of benzene rings is 1. The summed E-state index contributed by atoms with van der Waals surface area (Å²) in [6, 6.07) is 2.97. The zero-order chi connectivity index (χ0) is 14.0. The number of thioether (sulfide) groups is 1. The lowest BCUT2D eigenvalue weighted by Crippen LogP contribution is -2.38. The SMILES string of the molecule is O=S(=O)(c1ccc(Cl)c(CCl)c1Cl)N1CCSCC1. The summed E-state index contributed by atoms with van der Waals surface area (Å²) < 4.78 is 26.5. The molecule has 8 heteroatoms. The van der Waals surface area contributed by atoms with Crippen molar-refractivity contribution in [2.24, 2.45) is 0 Å². The van der Waals surface area contributed by atoms with Crippen LogP contribution in [-0.2, 0) is 15.9 Å². The van der Waals surface area contributed by atoms with E-state index in [1.807, 2.05) is 0 Å². The number of rotatable bonds is 3. The van der Waals surface area contributed by atoms with E-state index >= 15 is 0 Å². The Hall–Kier alpha value is 0.350. The van der Waals surface area contributed by atoms with E-state index in [9.17, 15) is 8.42 Å². The molecule has 1 aliphatic rings. The standard InChI is InChI=1S/C11H12Cl3NO2S2/c12-7-8-9(13)1-2-10(11(8)14)19(16,17)15-3-5-18-6-4-15/h1-2H,3-7H2. The lowest BCUT2D eigenvalue weighted by Gasteiger charge is -2.26. The van der Waals surface area contributed by atoms with Crippen molar-refractivity contribution in [1.82, 2.24) is 4.31 Å². The van der Waals surface area contributed by atoms with Crippen LogP contribution in [0.1, 0.15) is 5.56 Å². The van der Waals surface area contributed by atoms with Crippen LogP contribution in [0, 0.1) is 0 Å². The molecule has 0 aliphatic carbocycles. The predicted octanol–water partition coefficient (Wildman–Crippen LogP) is 3.47. The first-order chi connectivity index (χ1) is 8.98. The first-order valence-corrected chi connectivity index (χ1v) is 9.47. The van der Waals surface area contributed by atoms with Crippen LogP contribution in [0.25, 0.3) is 0 Å². The maximum absolute atomic E-state index is 12.5. The second kappa shape index (κ2) is 6.41. The highest BCUT2D eigenvalue weighted by Gasteiger charge is 2.29. The first kappa shape index (κ1) is 15.7. The van der Waals surface area contributed by atoms with E-state index in [1.54, 1.807) is 11.8 Å². The largest absolute Gasteiger partial charge is 0.244 e. The molecule has 1 aromatic carbocycles. The van der Waals surface area contributed by atoms with Crippen molar-refractivity contribution < 1.29 is 8.42 Å². The molecular formula is C11H12Cl3NO2S2. The molecule has 1 fully saturated rings. The molecule has 19 heavy (non-hydrogen) atoms. The fraction of sp³-hybridized carbons (Fsp3) is 0.455. The number of sulfonamides is 1. The summed E-state index contributed by atoms with van der Waals surface area (Å²) in [6.45, 7) is 1.00. The van der Waals surface area contributed by atoms with Crippen molar-refractivity contribution in [3.8, 4) is 0 Å². The van der Waals surface area contributed by atoms with Crippen LogP contribution in [0.3, 0.4) is 0 Å². The molecule has 0 amide bonds. The highest BCUT2D eigenvalue weighted by atomic mass is 35.5. The third-order valence-corrected chi connectivity index (χ3v) is 6.92. The Bertz CT molecular complexity index is 572. The van der Waals surface area contributed by atoms with Gasteiger partial charge in [0, 0.05) is 35.2 Å². The smallest absolute Gasteiger partial charge is 0.207 e. The number of hydrogen-bond acceptors (Lipinski definition) is 3. The van der Waals surface area contributed by atoms with Crippen molar-refractivity contribution in [3.05, 3.63) is 27.7 Å². The summed E-state index contributed by atoms with van der Waals surface area (Å²) in [7, 11) is -3.57. The second-order valence-electron chi connectivity index (χ2n) is 3.99. The van der Waals surface area contributed by atoms with E-state index in [4.69, 9.17) is 34.8 Å². The normalized spacial score (nSPS) is 17.6. The molecule has 0 N–H and O–H groups in total. The number of alkyl halides is 1. The quantitative estimate of drug-likeness (QED) is 0.775. The van der Waals surface area contributed by atoms with Gasteiger partial charge in [0.1, 0.15) is 4.90 Å². The van der Waals surface area contributed by atoms with Gasteiger partial charge in [-0.25, -0.2) is 8.42 Å². The van der Waals surface area contributed by atoms with Gasteiger partial charge < -0.3 is 0 Å². The van der Waals surface area contributed by atoms with Crippen molar-refractivity contribution in [3.63, 3.8) is 0 Å². The molecule has 1 heterocycles. The average molecular weight is 361 g/mol. The number of nitrogens with zero attached hydrogens (tertiary/aromatic N) is 1. The monoisotopic (exact) mass is 359 g/mol. The second-order valence-corrected chi connectivity index (χ2v) is 8.17. The summed E-state index contributed by atoms with van der Waals surface area (Å²) in [5, 5.41) is 0.508. The molecule has 3 nitrogen and oxygen atoms in total. The van der Waals surface area contributed by atoms with Gasteiger partial charge in [0.05, 0.1) is 10.9 Å². The van der Waals surface area contributed by atoms with Gasteiger partial charge in [0.15, 0.2) is 0 Å². The molecule has 1 saturated heterocycles. The van der Waals surface area contributed by atoms with Gasteiger partial charge in [0.2, 0.25) is 10.0 Å². The van der Waals surface area contributed by atoms with Crippen molar-refractivity contribution >= 4 is 56.6 Å². The molecule has 0 aromatic heterocycles. The maximum atomic E-state index is 12.5. The van der Waals surface area contributed by atoms with Crippen LogP contribution in [-0.4, -0.2) is 37.3 Å². The van der Waals surface area contributed by atoms with E-state index in [2.05, 4.69) is 0 Å². The van der Waals surface area contributed by atoms with Gasteiger partial charge >= 0.3 is 0 Å². The highest BCUT2D eigenvalue weighted by Crippen LogP contribution is 2.34. The van der Waals surface area contributed by atoms with E-state index in [0.717, 1.165) is 11.5 Å². The lowest BCUT2D eigenvalue weighted by atomic mass is 10.2. The Labute approximate surface area is 132 Å². The van der Waals surface area contributed by atoms with Crippen molar-refractivity contribution in [2.75, 3.05) is 24.6 Å². The van der Waals surface area contributed by atoms with Gasteiger partial charge in [-0.15, -0.1) is 11.6 Å². The highest BCUT2D eigenvalue weighted by molar-refractivity contribution is 7.99. The molecule has 1 aromatic rings. The van der Waals surface area contributed by atoms with Crippen LogP contribution in [0.4, 0.5) is 0 Å². The summed E-state index contributed by atoms with van der Waals surface area (Å²) in [5.41, 5.74) is 0.456. The van der Waals surface area contributed by atoms with Gasteiger partial charge in [-0.05, 0) is 12.1 Å². The minimum Gasteiger partial charge on any atom is -0.207 e. The number of hydrogen-bond donors (Lipinski definition) is 0. The van der Waals surface area contributed by atoms with E-state index in [-0.39, 0.29) is 15.8 Å². The van der Waals surface area contributed by atoms with Crippen LogP contribution >= 0.6 is 46.6 Å². The van der Waals surface area contributed by atoms with Gasteiger partial charge in [-0.2, -0.15) is 16.1 Å². The van der Waals surface area contributed by atoms with Crippen molar-refractivity contribution in [2.45, 2.75) is 10.8 Å². The fourth-order valence-electron chi connectivity index (χ4n) is 1.82. The van der Waals surface area contributed by atoms with Gasteiger partial charge in [-0.1, -0.05) is 23.2 Å². The third kappa shape index (κ3) is 3.17. The topological polar surface area (TPSA) is 37.4 Å². The Morgan fingerprint density at radius 1 is 1.21 bits per heavy atom.